The molecule has 0 aliphatic rings. The monoisotopic (exact) mass is 634 g/mol. The molecule has 0 fully saturated rings. The van der Waals surface area contributed by atoms with E-state index in [0.29, 0.717) is 18.8 Å². The number of nitrogens with one attached hydrogen (secondary N) is 1. The molecule has 0 saturated heterocycles. The maximum Gasteiger partial charge on any atom is 0.300 e. The minimum absolute atomic E-state index is 0.0309. The van der Waals surface area contributed by atoms with Crippen molar-refractivity contribution in [3.05, 3.63) is 66.7 Å². The zero-order valence-electron chi connectivity index (χ0n) is 22.8. The number of anilines is 1. The van der Waals surface area contributed by atoms with E-state index in [1.807, 2.05) is 6.92 Å². The maximum atomic E-state index is 11.8. The first-order valence-electron chi connectivity index (χ1n) is 12.0. The molecule has 1 unspecified atom stereocenters. The molecule has 2 aromatic rings. The Morgan fingerprint density at radius 3 is 1.98 bits per heavy atom. The highest BCUT2D eigenvalue weighted by Gasteiger charge is 2.34. The van der Waals surface area contributed by atoms with Gasteiger partial charge < -0.3 is 24.4 Å². The first-order chi connectivity index (χ1) is 19.6. The van der Waals surface area contributed by atoms with Gasteiger partial charge in [-0.25, -0.2) is 8.42 Å². The van der Waals surface area contributed by atoms with Crippen LogP contribution in [0.1, 0.15) is 19.8 Å². The Morgan fingerprint density at radius 2 is 1.55 bits per heavy atom. The average Bonchev–Trinajstić information content (AvgIpc) is 2.90. The van der Waals surface area contributed by atoms with Crippen LogP contribution in [0.4, 0.5) is 22.7 Å². The van der Waals surface area contributed by atoms with Crippen molar-refractivity contribution in [1.29, 1.82) is 0 Å². The topological polar surface area (TPSA) is 254 Å². The fourth-order valence-electron chi connectivity index (χ4n) is 2.98. The number of benzene rings is 2. The van der Waals surface area contributed by atoms with Crippen LogP contribution in [0.15, 0.2) is 41.3 Å². The number of ether oxygens (including phenoxy) is 2. The third-order valence-corrected chi connectivity index (χ3v) is 6.80. The van der Waals surface area contributed by atoms with Crippen LogP contribution in [0.2, 0.25) is 0 Å². The average molecular weight is 635 g/mol. The van der Waals surface area contributed by atoms with Gasteiger partial charge in [-0.3, -0.25) is 35.1 Å². The predicted octanol–water partition coefficient (Wildman–Crippen LogP) is 2.37. The molecule has 0 radical (unpaired) electrons. The van der Waals surface area contributed by atoms with E-state index < -0.39 is 52.9 Å². The largest absolute Gasteiger partial charge is 0.744 e. The number of nitro benzene ring substituents is 3. The number of nitro groups is 3. The minimum atomic E-state index is -5.55. The summed E-state index contributed by atoms with van der Waals surface area (Å²) in [5.74, 6) is 1.59. The molecular formula is C23H30N4O13S2. The summed E-state index contributed by atoms with van der Waals surface area (Å²) in [6.07, 6.45) is 5.08. The summed E-state index contributed by atoms with van der Waals surface area (Å²) in [5, 5.41) is 44.2. The van der Waals surface area contributed by atoms with E-state index in [4.69, 9.17) is 9.47 Å². The van der Waals surface area contributed by atoms with Gasteiger partial charge in [0.25, 0.3) is 5.69 Å². The number of aliphatic hydroxyl groups is 1. The maximum absolute atomic E-state index is 11.8. The number of non-ortho nitro benzene ring substituents is 1. The second-order valence-corrected chi connectivity index (χ2v) is 12.3. The number of rotatable bonds is 15. The van der Waals surface area contributed by atoms with Crippen LogP contribution in [0, 0.1) is 30.3 Å². The van der Waals surface area contributed by atoms with Gasteiger partial charge in [-0.1, -0.05) is 6.92 Å². The highest BCUT2D eigenvalue weighted by molar-refractivity contribution is 7.95. The van der Waals surface area contributed by atoms with E-state index in [1.165, 1.54) is 0 Å². The lowest BCUT2D eigenvalue weighted by molar-refractivity contribution is -0.407. The van der Waals surface area contributed by atoms with E-state index in [-0.39, 0.29) is 42.1 Å². The fourth-order valence-corrected chi connectivity index (χ4v) is 4.35. The molecule has 1 atom stereocenters. The van der Waals surface area contributed by atoms with Gasteiger partial charge in [0.2, 0.25) is 10.8 Å². The molecule has 0 aromatic heterocycles. The number of hydrogen-bond acceptors (Lipinski definition) is 13. The van der Waals surface area contributed by atoms with Gasteiger partial charge >= 0.3 is 11.4 Å². The second kappa shape index (κ2) is 17.1. The highest BCUT2D eigenvalue weighted by atomic mass is 32.2. The second-order valence-electron chi connectivity index (χ2n) is 8.59. The number of carbonyl (C=O) groups excluding carboxylic acids is 1. The van der Waals surface area contributed by atoms with Crippen molar-refractivity contribution in [2.45, 2.75) is 30.8 Å². The van der Waals surface area contributed by atoms with E-state index in [0.717, 1.165) is 17.9 Å². The van der Waals surface area contributed by atoms with Crippen LogP contribution in [0.3, 0.4) is 0 Å². The number of amides is 1. The quantitative estimate of drug-likeness (QED) is 0.0939. The van der Waals surface area contributed by atoms with Crippen LogP contribution in [0.25, 0.3) is 0 Å². The van der Waals surface area contributed by atoms with Crippen molar-refractivity contribution >= 4 is 49.7 Å². The number of carbonyl (C=O) groups is 1. The molecule has 0 spiro atoms. The molecule has 42 heavy (non-hydrogen) atoms. The predicted molar refractivity (Wildman–Crippen MR) is 151 cm³/mol. The minimum Gasteiger partial charge on any atom is -0.744 e. The summed E-state index contributed by atoms with van der Waals surface area (Å²) in [6, 6.07) is 7.48. The van der Waals surface area contributed by atoms with Crippen LogP contribution in [-0.4, -0.2) is 82.9 Å². The lowest BCUT2D eigenvalue weighted by Crippen LogP contribution is -2.23. The van der Waals surface area contributed by atoms with E-state index in [2.05, 4.69) is 17.8 Å². The molecular weight excluding hydrogens is 604 g/mol. The van der Waals surface area contributed by atoms with Crippen LogP contribution >= 0.6 is 0 Å². The third kappa shape index (κ3) is 12.7. The van der Waals surface area contributed by atoms with Crippen molar-refractivity contribution in [3.8, 4) is 5.75 Å². The molecule has 232 valence electrons. The molecule has 0 heterocycles. The molecule has 2 N–H and O–H groups in total. The van der Waals surface area contributed by atoms with Crippen LogP contribution < -0.4 is 10.1 Å². The van der Waals surface area contributed by atoms with Crippen LogP contribution in [0.5, 0.6) is 5.75 Å². The Bertz CT molecular complexity index is 1320. The van der Waals surface area contributed by atoms with Gasteiger partial charge in [0.05, 0.1) is 52.4 Å². The van der Waals surface area contributed by atoms with Crippen molar-refractivity contribution in [2.24, 2.45) is 0 Å². The summed E-state index contributed by atoms with van der Waals surface area (Å²) >= 11 is 0. The summed E-state index contributed by atoms with van der Waals surface area (Å²) < 4.78 is 43.2. The van der Waals surface area contributed by atoms with E-state index in [9.17, 15) is 53.2 Å². The Balaban J connectivity index is 0.000000428. The lowest BCUT2D eigenvalue weighted by atomic mass is 10.2. The third-order valence-electron chi connectivity index (χ3n) is 4.87. The molecule has 2 aromatic carbocycles. The number of hydrogen-bond donors (Lipinski definition) is 2. The molecule has 0 aliphatic carbocycles. The molecule has 1 amide bonds. The molecule has 0 aliphatic heterocycles. The van der Waals surface area contributed by atoms with Crippen molar-refractivity contribution in [1.82, 2.24) is 0 Å². The van der Waals surface area contributed by atoms with Gasteiger partial charge in [0, 0.05) is 12.3 Å². The van der Waals surface area contributed by atoms with Crippen molar-refractivity contribution in [2.75, 3.05) is 43.4 Å². The normalized spacial score (nSPS) is 11.7. The molecule has 0 bridgehead atoms. The Labute approximate surface area is 243 Å². The molecule has 2 rings (SSSR count). The standard InChI is InChI=1S/C17H27NO4S.C6H3N3O9S/c1-4-10-21-12-15(19)13-22-16-7-5-14(6-8-16)18-17(20)9-11-23(2)3;10-7(11)3-1-4(8(12)13)6(19(16,17)18)5(2-3)9(14)15/h5-8,15,19H,4,9-13H2,1-3H3;1-2H,(H,16,17,18). The Morgan fingerprint density at radius 1 is 1.00 bits per heavy atom. The van der Waals surface area contributed by atoms with Gasteiger partial charge in [0.15, 0.2) is 0 Å². The van der Waals surface area contributed by atoms with E-state index in [1.54, 1.807) is 24.3 Å². The van der Waals surface area contributed by atoms with Gasteiger partial charge in [-0.15, -0.1) is 0 Å². The van der Waals surface area contributed by atoms with E-state index >= 15 is 0 Å². The summed E-state index contributed by atoms with van der Waals surface area (Å²) in [7, 11) is -5.28. The van der Waals surface area contributed by atoms with Crippen LogP contribution in [-0.2, 0) is 30.5 Å². The first kappa shape index (κ1) is 36.1. The Hall–Kier alpha value is -3.91. The number of nitrogens with zero attached hydrogens (tertiary/aromatic N) is 3. The highest BCUT2D eigenvalue weighted by Crippen LogP contribution is 2.36. The lowest BCUT2D eigenvalue weighted by Gasteiger charge is -2.13. The van der Waals surface area contributed by atoms with Crippen molar-refractivity contribution in [3.63, 3.8) is 0 Å². The summed E-state index contributed by atoms with van der Waals surface area (Å²) in [4.78, 5) is 37.6. The van der Waals surface area contributed by atoms with Gasteiger partial charge in [-0.2, -0.15) is 0 Å². The SMILES string of the molecule is CCCOCC(O)COc1ccc(NC(=O)CC[S+](C)C)cc1.O=[N+]([O-])c1cc([N+](=O)[O-])c(S(=O)(=O)[O-])c([N+](=O)[O-])c1. The molecule has 19 heteroatoms. The zero-order valence-corrected chi connectivity index (χ0v) is 24.4. The van der Waals surface area contributed by atoms with Crippen molar-refractivity contribution < 1.29 is 47.1 Å². The summed E-state index contributed by atoms with van der Waals surface area (Å²) in [5.41, 5.74) is -3.36. The number of aliphatic hydroxyl groups excluding tert-OH is 1. The first-order valence-corrected chi connectivity index (χ1v) is 15.6. The fraction of sp³-hybridized carbons (Fsp3) is 0.435. The summed E-state index contributed by atoms with van der Waals surface area (Å²) in [6.45, 7) is 3.12. The van der Waals surface area contributed by atoms with Gasteiger partial charge in [0.1, 0.15) is 34.3 Å². The smallest absolute Gasteiger partial charge is 0.300 e. The Kier molecular flexibility index (Phi) is 14.7. The van der Waals surface area contributed by atoms with Gasteiger partial charge in [-0.05, 0) is 41.6 Å². The molecule has 17 nitrogen and oxygen atoms in total. The zero-order chi connectivity index (χ0) is 32.0. The molecule has 0 saturated carbocycles.